The number of aromatic nitrogens is 3. The van der Waals surface area contributed by atoms with Crippen LogP contribution in [0.2, 0.25) is 0 Å². The average molecular weight is 414 g/mol. The summed E-state index contributed by atoms with van der Waals surface area (Å²) >= 11 is 0. The molecule has 6 nitrogen and oxygen atoms in total. The number of imidazole rings is 1. The first kappa shape index (κ1) is 19.6. The van der Waals surface area contributed by atoms with E-state index in [1.807, 2.05) is 65.5 Å². The van der Waals surface area contributed by atoms with Crippen LogP contribution in [0.1, 0.15) is 35.9 Å². The fraction of sp³-hybridized carbons (Fsp3) is 0.280. The third-order valence-electron chi connectivity index (χ3n) is 5.95. The highest BCUT2D eigenvalue weighted by Crippen LogP contribution is 2.24. The molecule has 0 aliphatic carbocycles. The number of hydrogen-bond acceptors (Lipinski definition) is 3. The molecule has 0 bridgehead atoms. The third kappa shape index (κ3) is 3.99. The van der Waals surface area contributed by atoms with Gasteiger partial charge in [-0.05, 0) is 67.6 Å². The first-order valence-corrected chi connectivity index (χ1v) is 11.0. The summed E-state index contributed by atoms with van der Waals surface area (Å²) in [6.07, 6.45) is 6.41. The number of hydrogen-bond donors (Lipinski definition) is 1. The molecule has 2 aromatic heterocycles. The zero-order chi connectivity index (χ0) is 21.2. The maximum atomic E-state index is 12.7. The van der Waals surface area contributed by atoms with E-state index in [1.54, 1.807) is 0 Å². The van der Waals surface area contributed by atoms with Crippen LogP contribution >= 0.6 is 0 Å². The number of fused-ring (bicyclic) bond motifs is 3. The zero-order valence-electron chi connectivity index (χ0n) is 17.8. The number of carbonyl (C=O) groups is 1. The number of nitrogens with one attached hydrogen (secondary N) is 1. The molecule has 0 unspecified atom stereocenters. The Morgan fingerprint density at radius 2 is 1.87 bits per heavy atom. The molecule has 2 aromatic carbocycles. The zero-order valence-corrected chi connectivity index (χ0v) is 17.8. The van der Waals surface area contributed by atoms with Gasteiger partial charge in [-0.2, -0.15) is 0 Å². The van der Waals surface area contributed by atoms with Crippen molar-refractivity contribution in [2.75, 3.05) is 18.4 Å². The Kier molecular flexibility index (Phi) is 5.30. The fourth-order valence-electron chi connectivity index (χ4n) is 4.22. The van der Waals surface area contributed by atoms with Crippen molar-refractivity contribution >= 4 is 22.6 Å². The largest absolute Gasteiger partial charge is 0.326 e. The van der Waals surface area contributed by atoms with Crippen molar-refractivity contribution in [1.82, 2.24) is 19.0 Å². The Morgan fingerprint density at radius 3 is 2.65 bits per heavy atom. The predicted molar refractivity (Wildman–Crippen MR) is 124 cm³/mol. The molecule has 0 atom stereocenters. The minimum absolute atomic E-state index is 0.117. The second-order valence-corrected chi connectivity index (χ2v) is 8.10. The maximum Gasteiger partial charge on any atom is 0.255 e. The minimum atomic E-state index is -0.117. The van der Waals surface area contributed by atoms with Crippen molar-refractivity contribution in [2.24, 2.45) is 0 Å². The highest BCUT2D eigenvalue weighted by Gasteiger charge is 2.20. The van der Waals surface area contributed by atoms with Gasteiger partial charge in [-0.15, -0.1) is 0 Å². The summed E-state index contributed by atoms with van der Waals surface area (Å²) in [5.41, 5.74) is 4.50. The summed E-state index contributed by atoms with van der Waals surface area (Å²) in [5, 5.41) is 3.02. The van der Waals surface area contributed by atoms with Gasteiger partial charge < -0.3 is 14.5 Å². The van der Waals surface area contributed by atoms with E-state index in [-0.39, 0.29) is 5.91 Å². The van der Waals surface area contributed by atoms with Crippen molar-refractivity contribution in [3.8, 4) is 5.69 Å². The van der Waals surface area contributed by atoms with Crippen LogP contribution in [0.15, 0.2) is 67.0 Å². The lowest BCUT2D eigenvalue weighted by Crippen LogP contribution is -2.34. The van der Waals surface area contributed by atoms with Crippen molar-refractivity contribution in [1.29, 1.82) is 0 Å². The van der Waals surface area contributed by atoms with Gasteiger partial charge in [-0.1, -0.05) is 13.3 Å². The van der Waals surface area contributed by atoms with Crippen LogP contribution in [0.3, 0.4) is 0 Å². The van der Waals surface area contributed by atoms with E-state index in [9.17, 15) is 4.79 Å². The normalized spacial score (nSPS) is 14.0. The van der Waals surface area contributed by atoms with Gasteiger partial charge in [0.25, 0.3) is 5.91 Å². The molecular formula is C25H27N5O. The van der Waals surface area contributed by atoms with Crippen LogP contribution in [-0.4, -0.2) is 38.0 Å². The molecule has 1 aliphatic rings. The Bertz CT molecular complexity index is 1190. The maximum absolute atomic E-state index is 12.7. The Hall–Kier alpha value is -3.38. The number of carbonyl (C=O) groups excluding carboxylic acids is 1. The van der Waals surface area contributed by atoms with Crippen LogP contribution in [0.25, 0.3) is 16.7 Å². The lowest BCUT2D eigenvalue weighted by atomic mass is 10.2. The molecule has 0 saturated heterocycles. The Labute approximate surface area is 182 Å². The van der Waals surface area contributed by atoms with Gasteiger partial charge >= 0.3 is 0 Å². The van der Waals surface area contributed by atoms with Crippen molar-refractivity contribution < 1.29 is 4.79 Å². The molecule has 158 valence electrons. The Morgan fingerprint density at radius 1 is 1.06 bits per heavy atom. The molecule has 0 spiro atoms. The van der Waals surface area contributed by atoms with Gasteiger partial charge in [-0.3, -0.25) is 9.69 Å². The summed E-state index contributed by atoms with van der Waals surface area (Å²) in [5.74, 6) is 0.995. The van der Waals surface area contributed by atoms with Crippen molar-refractivity contribution in [3.63, 3.8) is 0 Å². The van der Waals surface area contributed by atoms with Gasteiger partial charge in [0.15, 0.2) is 0 Å². The van der Waals surface area contributed by atoms with Crippen molar-refractivity contribution in [3.05, 3.63) is 78.4 Å². The highest BCUT2D eigenvalue weighted by molar-refractivity contribution is 6.05. The molecule has 1 aliphatic heterocycles. The molecule has 0 radical (unpaired) electrons. The van der Waals surface area contributed by atoms with E-state index in [1.165, 1.54) is 12.8 Å². The van der Waals surface area contributed by atoms with Crippen molar-refractivity contribution in [2.45, 2.75) is 32.9 Å². The monoisotopic (exact) mass is 413 g/mol. The van der Waals surface area contributed by atoms with E-state index >= 15 is 0 Å². The van der Waals surface area contributed by atoms with Crippen LogP contribution in [0.5, 0.6) is 0 Å². The molecule has 6 heteroatoms. The molecular weight excluding hydrogens is 386 g/mol. The first-order valence-electron chi connectivity index (χ1n) is 11.0. The third-order valence-corrected chi connectivity index (χ3v) is 5.95. The number of anilines is 1. The Balaban J connectivity index is 1.31. The van der Waals surface area contributed by atoms with Crippen LogP contribution in [0, 0.1) is 0 Å². The molecule has 1 N–H and O–H groups in total. The van der Waals surface area contributed by atoms with Crippen LogP contribution in [-0.2, 0) is 13.1 Å². The van der Waals surface area contributed by atoms with Gasteiger partial charge in [0.05, 0.1) is 17.6 Å². The number of unbranched alkanes of at least 4 members (excludes halogenated alkanes) is 1. The molecule has 4 aromatic rings. The molecule has 31 heavy (non-hydrogen) atoms. The number of rotatable bonds is 6. The highest BCUT2D eigenvalue weighted by atomic mass is 16.1. The summed E-state index contributed by atoms with van der Waals surface area (Å²) < 4.78 is 4.32. The quantitative estimate of drug-likeness (QED) is 0.499. The lowest BCUT2D eigenvalue weighted by molar-refractivity contribution is 0.102. The first-order chi connectivity index (χ1) is 15.2. The second kappa shape index (κ2) is 8.40. The van der Waals surface area contributed by atoms with E-state index < -0.39 is 0 Å². The standard InChI is InChI=1S/C25H27N5O/c1-2-3-12-28-15-16-30-23-11-8-20(17-22(23)27-24(30)18-28)26-25(31)19-6-9-21(10-7-19)29-13-4-5-14-29/h4-11,13-14,17H,2-3,12,15-16,18H2,1H3,(H,26,31). The molecule has 0 fully saturated rings. The molecule has 3 heterocycles. The number of benzene rings is 2. The number of nitrogens with zero attached hydrogens (tertiary/aromatic N) is 4. The summed E-state index contributed by atoms with van der Waals surface area (Å²) in [4.78, 5) is 20.1. The molecule has 0 saturated carbocycles. The van der Waals surface area contributed by atoms with E-state index in [4.69, 9.17) is 4.98 Å². The van der Waals surface area contributed by atoms with Gasteiger partial charge in [0.2, 0.25) is 0 Å². The second-order valence-electron chi connectivity index (χ2n) is 8.10. The predicted octanol–water partition coefficient (Wildman–Crippen LogP) is 4.70. The van der Waals surface area contributed by atoms with E-state index in [0.717, 1.165) is 54.4 Å². The SMILES string of the molecule is CCCCN1CCn2c(nc3cc(NC(=O)c4ccc(-n5cccc5)cc4)ccc32)C1. The van der Waals surface area contributed by atoms with Gasteiger partial charge in [0, 0.05) is 42.4 Å². The van der Waals surface area contributed by atoms with Gasteiger partial charge in [0.1, 0.15) is 5.82 Å². The number of amides is 1. The van der Waals surface area contributed by atoms with E-state index in [0.29, 0.717) is 5.56 Å². The summed E-state index contributed by atoms with van der Waals surface area (Å²) in [6.45, 7) is 6.28. The van der Waals surface area contributed by atoms with Crippen LogP contribution < -0.4 is 5.32 Å². The minimum Gasteiger partial charge on any atom is -0.326 e. The summed E-state index contributed by atoms with van der Waals surface area (Å²) in [7, 11) is 0. The topological polar surface area (TPSA) is 55.1 Å². The lowest BCUT2D eigenvalue weighted by Gasteiger charge is -2.27. The van der Waals surface area contributed by atoms with Crippen LogP contribution in [0.4, 0.5) is 5.69 Å². The molecule has 1 amide bonds. The van der Waals surface area contributed by atoms with E-state index in [2.05, 4.69) is 27.8 Å². The smallest absolute Gasteiger partial charge is 0.255 e. The van der Waals surface area contributed by atoms with Gasteiger partial charge in [-0.25, -0.2) is 4.98 Å². The fourth-order valence-corrected chi connectivity index (χ4v) is 4.22. The average Bonchev–Trinajstić information content (AvgIpc) is 3.45. The summed E-state index contributed by atoms with van der Waals surface area (Å²) in [6, 6.07) is 17.6. The molecule has 5 rings (SSSR count).